The highest BCUT2D eigenvalue weighted by molar-refractivity contribution is 9.09. The van der Waals surface area contributed by atoms with E-state index in [0.717, 1.165) is 22.9 Å². The average Bonchev–Trinajstić information content (AvgIpc) is 3.19. The summed E-state index contributed by atoms with van der Waals surface area (Å²) >= 11 is 3.65. The molecule has 1 heterocycles. The first kappa shape index (κ1) is 14.5. The molecule has 24 heavy (non-hydrogen) atoms. The highest BCUT2D eigenvalue weighted by Crippen LogP contribution is 2.60. The van der Waals surface area contributed by atoms with Gasteiger partial charge in [-0.25, -0.2) is 0 Å². The third kappa shape index (κ3) is 1.85. The van der Waals surface area contributed by atoms with Gasteiger partial charge in [0.1, 0.15) is 6.10 Å². The Hall–Kier alpha value is -1.88. The normalized spacial score (nSPS) is 36.1. The third-order valence-electron chi connectivity index (χ3n) is 5.87. The molecule has 1 aliphatic heterocycles. The predicted octanol–water partition coefficient (Wildman–Crippen LogP) is 3.35. The third-order valence-corrected chi connectivity index (χ3v) is 7.07. The van der Waals surface area contributed by atoms with Gasteiger partial charge in [-0.15, -0.1) is 0 Å². The first-order valence-corrected chi connectivity index (χ1v) is 9.20. The molecular weight excluding hydrogens is 370 g/mol. The Labute approximate surface area is 147 Å². The van der Waals surface area contributed by atoms with E-state index in [0.29, 0.717) is 0 Å². The molecule has 6 atom stereocenters. The number of nitrogens with one attached hydrogen (secondary N) is 1. The number of hydrogen-bond donors (Lipinski definition) is 1. The Morgan fingerprint density at radius 3 is 2.79 bits per heavy atom. The number of fused-ring (bicyclic) bond motifs is 2. The molecule has 3 aliphatic rings. The SMILES string of the molecule is O=C(Nc1cccc2ccccc12)[C@@H]1[C@H]2C[C@H]3[C@H](OC(=O)[C@@H]31)[C@@H]2Br. The van der Waals surface area contributed by atoms with Crippen molar-refractivity contribution in [1.82, 2.24) is 0 Å². The van der Waals surface area contributed by atoms with E-state index in [1.165, 1.54) is 0 Å². The fraction of sp³-hybridized carbons (Fsp3) is 0.368. The number of carbonyl (C=O) groups excluding carboxylic acids is 2. The standard InChI is InChI=1S/C19H16BrNO3/c20-16-11-8-12-15(19(23)24-17(12)16)14(11)18(22)21-13-7-3-5-9-4-1-2-6-10(9)13/h1-7,11-12,14-17H,8H2,(H,21,22)/t11-,12-,14-,15+,16-,17+/m1/s1. The van der Waals surface area contributed by atoms with Gasteiger partial charge in [-0.05, 0) is 23.8 Å². The molecule has 0 radical (unpaired) electrons. The van der Waals surface area contributed by atoms with Gasteiger partial charge in [-0.1, -0.05) is 52.3 Å². The molecule has 1 saturated heterocycles. The summed E-state index contributed by atoms with van der Waals surface area (Å²) in [5.74, 6) is -0.479. The summed E-state index contributed by atoms with van der Waals surface area (Å²) in [5.41, 5.74) is 0.801. The maximum absolute atomic E-state index is 13.0. The number of carbonyl (C=O) groups is 2. The van der Waals surface area contributed by atoms with E-state index in [-0.39, 0.29) is 46.5 Å². The van der Waals surface area contributed by atoms with E-state index in [2.05, 4.69) is 21.2 Å². The molecule has 3 fully saturated rings. The number of esters is 1. The van der Waals surface area contributed by atoms with Gasteiger partial charge >= 0.3 is 5.97 Å². The second-order valence-electron chi connectivity index (χ2n) is 6.98. The number of ether oxygens (including phenoxy) is 1. The fourth-order valence-corrected chi connectivity index (χ4v) is 5.93. The first-order valence-electron chi connectivity index (χ1n) is 8.28. The van der Waals surface area contributed by atoms with Crippen LogP contribution in [0.1, 0.15) is 6.42 Å². The number of amides is 1. The Morgan fingerprint density at radius 2 is 1.92 bits per heavy atom. The molecule has 4 nitrogen and oxygen atoms in total. The second kappa shape index (κ2) is 5.06. The molecule has 1 amide bonds. The molecule has 5 rings (SSSR count). The van der Waals surface area contributed by atoms with Crippen LogP contribution in [0, 0.1) is 23.7 Å². The second-order valence-corrected chi connectivity index (χ2v) is 8.03. The van der Waals surface area contributed by atoms with Crippen LogP contribution in [0.4, 0.5) is 5.69 Å². The van der Waals surface area contributed by atoms with Crippen LogP contribution in [-0.4, -0.2) is 22.8 Å². The monoisotopic (exact) mass is 385 g/mol. The van der Waals surface area contributed by atoms with Crippen molar-refractivity contribution >= 4 is 44.3 Å². The van der Waals surface area contributed by atoms with Crippen LogP contribution >= 0.6 is 15.9 Å². The number of hydrogen-bond acceptors (Lipinski definition) is 3. The number of halogens is 1. The van der Waals surface area contributed by atoms with Gasteiger partial charge in [0.15, 0.2) is 0 Å². The van der Waals surface area contributed by atoms with Crippen LogP contribution in [0.2, 0.25) is 0 Å². The molecule has 0 unspecified atom stereocenters. The van der Waals surface area contributed by atoms with Gasteiger partial charge in [0.25, 0.3) is 0 Å². The Morgan fingerprint density at radius 1 is 1.12 bits per heavy atom. The molecule has 0 spiro atoms. The van der Waals surface area contributed by atoms with Gasteiger partial charge < -0.3 is 10.1 Å². The lowest BCUT2D eigenvalue weighted by Crippen LogP contribution is -2.40. The summed E-state index contributed by atoms with van der Waals surface area (Å²) in [7, 11) is 0. The van der Waals surface area contributed by atoms with Crippen molar-refractivity contribution in [2.45, 2.75) is 17.4 Å². The Kier molecular flexibility index (Phi) is 3.05. The quantitative estimate of drug-likeness (QED) is 0.636. The van der Waals surface area contributed by atoms with Gasteiger partial charge in [0.05, 0.1) is 16.7 Å². The zero-order valence-electron chi connectivity index (χ0n) is 12.8. The van der Waals surface area contributed by atoms with Crippen molar-refractivity contribution in [3.63, 3.8) is 0 Å². The van der Waals surface area contributed by atoms with E-state index < -0.39 is 0 Å². The molecule has 2 aromatic carbocycles. The van der Waals surface area contributed by atoms with Crippen molar-refractivity contribution in [2.24, 2.45) is 23.7 Å². The summed E-state index contributed by atoms with van der Waals surface area (Å²) in [5, 5.41) is 5.17. The number of rotatable bonds is 2. The minimum Gasteiger partial charge on any atom is -0.461 e. The van der Waals surface area contributed by atoms with Gasteiger partial charge in [-0.2, -0.15) is 0 Å². The smallest absolute Gasteiger partial charge is 0.310 e. The van der Waals surface area contributed by atoms with Crippen LogP contribution in [0.25, 0.3) is 10.8 Å². The van der Waals surface area contributed by atoms with Crippen molar-refractivity contribution in [3.05, 3.63) is 42.5 Å². The largest absolute Gasteiger partial charge is 0.461 e. The van der Waals surface area contributed by atoms with Crippen LogP contribution in [-0.2, 0) is 14.3 Å². The molecule has 5 heteroatoms. The van der Waals surface area contributed by atoms with E-state index in [9.17, 15) is 9.59 Å². The molecule has 2 bridgehead atoms. The maximum atomic E-state index is 13.0. The minimum atomic E-state index is -0.301. The van der Waals surface area contributed by atoms with Gasteiger partial charge in [-0.3, -0.25) is 9.59 Å². The maximum Gasteiger partial charge on any atom is 0.310 e. The lowest BCUT2D eigenvalue weighted by molar-refractivity contribution is -0.145. The van der Waals surface area contributed by atoms with Crippen LogP contribution in [0.5, 0.6) is 0 Å². The fourth-order valence-electron chi connectivity index (χ4n) is 4.88. The van der Waals surface area contributed by atoms with E-state index >= 15 is 0 Å². The number of benzene rings is 2. The lowest BCUT2D eigenvalue weighted by Gasteiger charge is -2.27. The molecule has 0 aromatic heterocycles. The van der Waals surface area contributed by atoms with Crippen LogP contribution in [0.15, 0.2) is 42.5 Å². The van der Waals surface area contributed by atoms with Crippen LogP contribution < -0.4 is 5.32 Å². The van der Waals surface area contributed by atoms with Crippen molar-refractivity contribution < 1.29 is 14.3 Å². The lowest BCUT2D eigenvalue weighted by atomic mass is 9.79. The van der Waals surface area contributed by atoms with E-state index in [1.54, 1.807) is 0 Å². The molecular formula is C19H16BrNO3. The zero-order valence-corrected chi connectivity index (χ0v) is 14.4. The Bertz CT molecular complexity index is 861. The zero-order chi connectivity index (χ0) is 16.4. The topological polar surface area (TPSA) is 55.4 Å². The summed E-state index contributed by atoms with van der Waals surface area (Å²) in [6.07, 6.45) is 0.846. The first-order chi connectivity index (χ1) is 11.6. The van der Waals surface area contributed by atoms with E-state index in [4.69, 9.17) is 4.74 Å². The molecule has 122 valence electrons. The van der Waals surface area contributed by atoms with Gasteiger partial charge in [0, 0.05) is 17.0 Å². The summed E-state index contributed by atoms with van der Waals surface area (Å²) in [6.45, 7) is 0. The summed E-state index contributed by atoms with van der Waals surface area (Å²) in [6, 6.07) is 13.8. The molecule has 1 N–H and O–H groups in total. The van der Waals surface area contributed by atoms with Gasteiger partial charge in [0.2, 0.25) is 5.91 Å². The number of alkyl halides is 1. The van der Waals surface area contributed by atoms with E-state index in [1.807, 2.05) is 42.5 Å². The molecule has 2 saturated carbocycles. The average molecular weight is 386 g/mol. The highest BCUT2D eigenvalue weighted by Gasteiger charge is 2.67. The van der Waals surface area contributed by atoms with Crippen molar-refractivity contribution in [2.75, 3.05) is 5.32 Å². The summed E-state index contributed by atoms with van der Waals surface area (Å²) in [4.78, 5) is 25.3. The molecule has 2 aromatic rings. The predicted molar refractivity (Wildman–Crippen MR) is 93.7 cm³/mol. The van der Waals surface area contributed by atoms with Crippen molar-refractivity contribution in [3.8, 4) is 0 Å². The summed E-state index contributed by atoms with van der Waals surface area (Å²) < 4.78 is 5.49. The Balaban J connectivity index is 1.48. The molecule has 2 aliphatic carbocycles. The number of anilines is 1. The van der Waals surface area contributed by atoms with Crippen LogP contribution in [0.3, 0.4) is 0 Å². The van der Waals surface area contributed by atoms with Crippen molar-refractivity contribution in [1.29, 1.82) is 0 Å². The highest BCUT2D eigenvalue weighted by atomic mass is 79.9. The minimum absolute atomic E-state index is 0.0471.